The van der Waals surface area contributed by atoms with Gasteiger partial charge in [0.2, 0.25) is 15.4 Å². The van der Waals surface area contributed by atoms with Crippen molar-refractivity contribution in [1.82, 2.24) is 0 Å². The van der Waals surface area contributed by atoms with Gasteiger partial charge in [0.25, 0.3) is 0 Å². The van der Waals surface area contributed by atoms with E-state index < -0.39 is 9.84 Å². The summed E-state index contributed by atoms with van der Waals surface area (Å²) < 4.78 is 26.9. The zero-order valence-corrected chi connectivity index (χ0v) is 16.8. The number of rotatable bonds is 3. The smallest absolute Gasteiger partial charge is 0.214 e. The number of halogens is 1. The van der Waals surface area contributed by atoms with Crippen LogP contribution in [-0.4, -0.2) is 21.5 Å². The van der Waals surface area contributed by atoms with Gasteiger partial charge in [-0.25, -0.2) is 13.4 Å². The van der Waals surface area contributed by atoms with Gasteiger partial charge in [0.1, 0.15) is 0 Å². The van der Waals surface area contributed by atoms with Crippen LogP contribution >= 0.6 is 11.6 Å². The fourth-order valence-electron chi connectivity index (χ4n) is 3.71. The minimum absolute atomic E-state index is 0.255. The summed E-state index contributed by atoms with van der Waals surface area (Å²) >= 11 is 5.95. The van der Waals surface area contributed by atoms with E-state index in [2.05, 4.69) is 16.0 Å². The van der Waals surface area contributed by atoms with Crippen molar-refractivity contribution in [3.05, 3.63) is 59.2 Å². The van der Waals surface area contributed by atoms with E-state index in [1.54, 1.807) is 30.5 Å². The SMILES string of the molecule is Cc1ccc2[nH+]cc(S(=O)(=O)c3ccc(Cl)cc3)c(N3CCCCC3)c2c1. The van der Waals surface area contributed by atoms with Crippen molar-refractivity contribution >= 4 is 38.0 Å². The van der Waals surface area contributed by atoms with Gasteiger partial charge >= 0.3 is 0 Å². The molecule has 0 aliphatic carbocycles. The summed E-state index contributed by atoms with van der Waals surface area (Å²) in [7, 11) is -3.67. The highest BCUT2D eigenvalue weighted by atomic mass is 35.5. The zero-order chi connectivity index (χ0) is 19.0. The number of pyridine rings is 1. The molecule has 4 rings (SSSR count). The van der Waals surface area contributed by atoms with E-state index in [1.807, 2.05) is 19.1 Å². The molecule has 0 saturated carbocycles. The maximum absolute atomic E-state index is 13.4. The van der Waals surface area contributed by atoms with Gasteiger partial charge in [0, 0.05) is 24.2 Å². The lowest BCUT2D eigenvalue weighted by atomic mass is 10.1. The molecule has 6 heteroatoms. The van der Waals surface area contributed by atoms with Gasteiger partial charge < -0.3 is 4.90 Å². The molecule has 1 saturated heterocycles. The number of H-pyrrole nitrogens is 1. The van der Waals surface area contributed by atoms with Crippen molar-refractivity contribution < 1.29 is 13.4 Å². The standard InChI is InChI=1S/C21H21ClN2O2S/c1-15-5-10-19-18(13-15)21(24-11-3-2-4-12-24)20(14-23-19)27(25,26)17-8-6-16(22)7-9-17/h5-10,13-14H,2-4,11-12H2,1H3/p+1. The Hall–Kier alpha value is -2.11. The maximum Gasteiger partial charge on any atom is 0.214 e. The second-order valence-electron chi connectivity index (χ2n) is 7.06. The molecule has 0 amide bonds. The quantitative estimate of drug-likeness (QED) is 0.652. The van der Waals surface area contributed by atoms with Crippen molar-refractivity contribution in [3.8, 4) is 0 Å². The van der Waals surface area contributed by atoms with E-state index in [-0.39, 0.29) is 4.90 Å². The van der Waals surface area contributed by atoms with Crippen LogP contribution in [0.3, 0.4) is 0 Å². The number of aryl methyl sites for hydroxylation is 1. The lowest BCUT2D eigenvalue weighted by Gasteiger charge is -2.30. The number of aromatic amines is 1. The second-order valence-corrected chi connectivity index (χ2v) is 9.41. The molecule has 0 unspecified atom stereocenters. The minimum Gasteiger partial charge on any atom is -0.370 e. The molecular formula is C21H22ClN2O2S+. The monoisotopic (exact) mass is 401 g/mol. The fraction of sp³-hybridized carbons (Fsp3) is 0.286. The Kier molecular flexibility index (Phi) is 4.82. The van der Waals surface area contributed by atoms with Crippen molar-refractivity contribution in [3.63, 3.8) is 0 Å². The molecule has 140 valence electrons. The van der Waals surface area contributed by atoms with Crippen molar-refractivity contribution in [2.75, 3.05) is 18.0 Å². The number of hydrogen-bond donors (Lipinski definition) is 0. The van der Waals surface area contributed by atoms with E-state index in [9.17, 15) is 8.42 Å². The molecule has 4 nitrogen and oxygen atoms in total. The molecule has 1 aromatic heterocycles. The van der Waals surface area contributed by atoms with Gasteiger partial charge in [-0.2, -0.15) is 0 Å². The van der Waals surface area contributed by atoms with Crippen molar-refractivity contribution in [2.24, 2.45) is 0 Å². The highest BCUT2D eigenvalue weighted by molar-refractivity contribution is 7.91. The normalized spacial score (nSPS) is 15.3. The first-order valence-electron chi connectivity index (χ1n) is 9.17. The third-order valence-corrected chi connectivity index (χ3v) is 7.14. The van der Waals surface area contributed by atoms with E-state index in [1.165, 1.54) is 6.42 Å². The number of sulfone groups is 1. The molecule has 1 aliphatic rings. The Labute approximate surface area is 164 Å². The molecule has 0 spiro atoms. The highest BCUT2D eigenvalue weighted by Gasteiger charge is 2.30. The molecule has 27 heavy (non-hydrogen) atoms. The van der Waals surface area contributed by atoms with Gasteiger partial charge in [-0.3, -0.25) is 0 Å². The molecule has 2 heterocycles. The van der Waals surface area contributed by atoms with Crippen LogP contribution in [0, 0.1) is 6.92 Å². The first-order valence-corrected chi connectivity index (χ1v) is 11.0. The van der Waals surface area contributed by atoms with Crippen LogP contribution in [-0.2, 0) is 9.84 Å². The summed E-state index contributed by atoms with van der Waals surface area (Å²) in [5.41, 5.74) is 2.86. The Balaban J connectivity index is 1.98. The average molecular weight is 402 g/mol. The van der Waals surface area contributed by atoms with Gasteiger partial charge in [0.15, 0.2) is 11.1 Å². The van der Waals surface area contributed by atoms with Gasteiger partial charge in [-0.05, 0) is 62.1 Å². The average Bonchev–Trinajstić information content (AvgIpc) is 2.68. The topological polar surface area (TPSA) is 51.5 Å². The molecule has 0 atom stereocenters. The van der Waals surface area contributed by atoms with Gasteiger partial charge in [-0.1, -0.05) is 17.7 Å². The van der Waals surface area contributed by atoms with Crippen LogP contribution in [0.1, 0.15) is 24.8 Å². The van der Waals surface area contributed by atoms with Gasteiger partial charge in [0.05, 0.1) is 16.0 Å². The Morgan fingerprint density at radius 3 is 2.41 bits per heavy atom. The van der Waals surface area contributed by atoms with Crippen molar-refractivity contribution in [1.29, 1.82) is 0 Å². The predicted molar refractivity (Wildman–Crippen MR) is 108 cm³/mol. The zero-order valence-electron chi connectivity index (χ0n) is 15.2. The predicted octanol–water partition coefficient (Wildman–Crippen LogP) is 4.44. The van der Waals surface area contributed by atoms with Crippen molar-refractivity contribution in [2.45, 2.75) is 36.0 Å². The molecular weight excluding hydrogens is 380 g/mol. The lowest BCUT2D eigenvalue weighted by Crippen LogP contribution is -2.31. The number of piperidine rings is 1. The first kappa shape index (κ1) is 18.3. The third kappa shape index (κ3) is 3.42. The van der Waals surface area contributed by atoms with Crippen LogP contribution < -0.4 is 9.88 Å². The van der Waals surface area contributed by atoms with Crippen LogP contribution in [0.2, 0.25) is 5.02 Å². The summed E-state index contributed by atoms with van der Waals surface area (Å²) in [5, 5.41) is 1.47. The van der Waals surface area contributed by atoms with Crippen LogP contribution in [0.5, 0.6) is 0 Å². The van der Waals surface area contributed by atoms with E-state index in [0.717, 1.165) is 48.1 Å². The molecule has 3 aromatic rings. The van der Waals surface area contributed by atoms with E-state index in [4.69, 9.17) is 11.6 Å². The van der Waals surface area contributed by atoms with Gasteiger partial charge in [-0.15, -0.1) is 0 Å². The Bertz CT molecular complexity index is 1090. The first-order chi connectivity index (χ1) is 13.0. The third-order valence-electron chi connectivity index (χ3n) is 5.11. The summed E-state index contributed by atoms with van der Waals surface area (Å²) in [6, 6.07) is 12.5. The largest absolute Gasteiger partial charge is 0.370 e. The van der Waals surface area contributed by atoms with E-state index >= 15 is 0 Å². The Morgan fingerprint density at radius 1 is 1.00 bits per heavy atom. The minimum atomic E-state index is -3.67. The maximum atomic E-state index is 13.4. The Morgan fingerprint density at radius 2 is 1.70 bits per heavy atom. The summed E-state index contributed by atoms with van der Waals surface area (Å²) in [6.07, 6.45) is 4.97. The molecule has 1 N–H and O–H groups in total. The molecule has 1 fully saturated rings. The molecule has 0 bridgehead atoms. The summed E-state index contributed by atoms with van der Waals surface area (Å²) in [4.78, 5) is 5.98. The number of nitrogens with zero attached hydrogens (tertiary/aromatic N) is 1. The number of fused-ring (bicyclic) bond motifs is 1. The molecule has 1 aliphatic heterocycles. The fourth-order valence-corrected chi connectivity index (χ4v) is 5.30. The number of anilines is 1. The number of aromatic nitrogens is 1. The molecule has 0 radical (unpaired) electrons. The van der Waals surface area contributed by atoms with E-state index in [0.29, 0.717) is 9.92 Å². The van der Waals surface area contributed by atoms with Crippen LogP contribution in [0.4, 0.5) is 5.69 Å². The lowest BCUT2D eigenvalue weighted by molar-refractivity contribution is -0.347. The number of hydrogen-bond acceptors (Lipinski definition) is 3. The van der Waals surface area contributed by atoms with Crippen LogP contribution in [0.15, 0.2) is 58.5 Å². The van der Waals surface area contributed by atoms with Crippen LogP contribution in [0.25, 0.3) is 10.9 Å². The summed E-state index contributed by atoms with van der Waals surface area (Å²) in [6.45, 7) is 3.77. The number of benzene rings is 2. The second kappa shape index (κ2) is 7.13. The number of nitrogens with one attached hydrogen (secondary N) is 1. The highest BCUT2D eigenvalue weighted by Crippen LogP contribution is 2.36. The summed E-state index contributed by atoms with van der Waals surface area (Å²) in [5.74, 6) is 0. The molecule has 2 aromatic carbocycles.